The van der Waals surface area contributed by atoms with Crippen molar-refractivity contribution in [1.29, 1.82) is 0 Å². The van der Waals surface area contributed by atoms with Gasteiger partial charge in [0.1, 0.15) is 5.75 Å². The average Bonchev–Trinajstić information content (AvgIpc) is 2.39. The van der Waals surface area contributed by atoms with Crippen LogP contribution in [0.25, 0.3) is 0 Å². The number of hydrogen-bond acceptors (Lipinski definition) is 3. The number of benzene rings is 1. The Labute approximate surface area is 109 Å². The van der Waals surface area contributed by atoms with Crippen LogP contribution in [0.1, 0.15) is 24.9 Å². The van der Waals surface area contributed by atoms with Crippen molar-refractivity contribution in [2.24, 2.45) is 0 Å². The zero-order chi connectivity index (χ0) is 13.5. The summed E-state index contributed by atoms with van der Waals surface area (Å²) in [4.78, 5) is 13.1. The second kappa shape index (κ2) is 7.01. The lowest BCUT2D eigenvalue weighted by atomic mass is 10.0. The SMILES string of the molecule is CCC(NCC(=O)N(C)C)c1ccc(OC)cc1. The minimum atomic E-state index is 0.0851. The number of carbonyl (C=O) groups is 1. The number of amides is 1. The van der Waals surface area contributed by atoms with Crippen LogP contribution >= 0.6 is 0 Å². The fourth-order valence-electron chi connectivity index (χ4n) is 1.70. The molecule has 1 aromatic rings. The van der Waals surface area contributed by atoms with E-state index in [4.69, 9.17) is 4.74 Å². The average molecular weight is 250 g/mol. The van der Waals surface area contributed by atoms with Crippen molar-refractivity contribution in [3.63, 3.8) is 0 Å². The van der Waals surface area contributed by atoms with Crippen LogP contribution in [0.5, 0.6) is 5.75 Å². The van der Waals surface area contributed by atoms with Gasteiger partial charge in [-0.3, -0.25) is 4.79 Å². The molecule has 1 atom stereocenters. The van der Waals surface area contributed by atoms with Crippen molar-refractivity contribution < 1.29 is 9.53 Å². The highest BCUT2D eigenvalue weighted by Crippen LogP contribution is 2.19. The van der Waals surface area contributed by atoms with Gasteiger partial charge in [0, 0.05) is 20.1 Å². The number of carbonyl (C=O) groups excluding carboxylic acids is 1. The Hall–Kier alpha value is -1.55. The van der Waals surface area contributed by atoms with E-state index in [1.54, 1.807) is 26.1 Å². The largest absolute Gasteiger partial charge is 0.497 e. The molecule has 0 spiro atoms. The number of methoxy groups -OCH3 is 1. The van der Waals surface area contributed by atoms with E-state index < -0.39 is 0 Å². The van der Waals surface area contributed by atoms with Crippen LogP contribution in [-0.4, -0.2) is 38.6 Å². The summed E-state index contributed by atoms with van der Waals surface area (Å²) in [5.74, 6) is 0.930. The molecule has 1 rings (SSSR count). The molecule has 0 aliphatic carbocycles. The number of ether oxygens (including phenoxy) is 1. The van der Waals surface area contributed by atoms with Gasteiger partial charge in [-0.25, -0.2) is 0 Å². The van der Waals surface area contributed by atoms with Crippen LogP contribution in [0.15, 0.2) is 24.3 Å². The number of likely N-dealkylation sites (N-methyl/N-ethyl adjacent to an activating group) is 1. The molecule has 1 unspecified atom stereocenters. The summed E-state index contributed by atoms with van der Waals surface area (Å²) in [6, 6.07) is 8.13. The molecule has 0 aliphatic rings. The summed E-state index contributed by atoms with van der Waals surface area (Å²) in [6.45, 7) is 2.46. The Morgan fingerprint density at radius 1 is 1.33 bits per heavy atom. The van der Waals surface area contributed by atoms with Crippen LogP contribution in [0, 0.1) is 0 Å². The molecule has 0 radical (unpaired) electrons. The van der Waals surface area contributed by atoms with Crippen molar-refractivity contribution >= 4 is 5.91 Å². The molecule has 0 aliphatic heterocycles. The smallest absolute Gasteiger partial charge is 0.236 e. The Balaban J connectivity index is 2.62. The molecule has 0 bridgehead atoms. The van der Waals surface area contributed by atoms with E-state index in [2.05, 4.69) is 12.2 Å². The van der Waals surface area contributed by atoms with Gasteiger partial charge in [0.25, 0.3) is 0 Å². The maximum Gasteiger partial charge on any atom is 0.236 e. The van der Waals surface area contributed by atoms with Gasteiger partial charge in [0.2, 0.25) is 5.91 Å². The third-order valence-electron chi connectivity index (χ3n) is 2.92. The van der Waals surface area contributed by atoms with E-state index in [1.165, 1.54) is 5.56 Å². The second-order valence-electron chi connectivity index (χ2n) is 4.40. The maximum atomic E-state index is 11.5. The lowest BCUT2D eigenvalue weighted by Crippen LogP contribution is -2.34. The Bertz CT molecular complexity index is 374. The van der Waals surface area contributed by atoms with E-state index >= 15 is 0 Å². The molecular weight excluding hydrogens is 228 g/mol. The van der Waals surface area contributed by atoms with Gasteiger partial charge >= 0.3 is 0 Å². The molecule has 18 heavy (non-hydrogen) atoms. The third kappa shape index (κ3) is 4.04. The highest BCUT2D eigenvalue weighted by Gasteiger charge is 2.11. The van der Waals surface area contributed by atoms with Gasteiger partial charge < -0.3 is 15.0 Å². The van der Waals surface area contributed by atoms with Gasteiger partial charge in [0.15, 0.2) is 0 Å². The molecule has 4 heteroatoms. The molecule has 0 aromatic heterocycles. The van der Waals surface area contributed by atoms with Crippen LogP contribution in [0.4, 0.5) is 0 Å². The second-order valence-corrected chi connectivity index (χ2v) is 4.40. The third-order valence-corrected chi connectivity index (χ3v) is 2.92. The molecule has 4 nitrogen and oxygen atoms in total. The summed E-state index contributed by atoms with van der Waals surface area (Å²) in [5.41, 5.74) is 1.17. The topological polar surface area (TPSA) is 41.6 Å². The number of rotatable bonds is 6. The van der Waals surface area contributed by atoms with Crippen LogP contribution in [-0.2, 0) is 4.79 Å². The molecule has 0 saturated carbocycles. The van der Waals surface area contributed by atoms with Crippen LogP contribution in [0.3, 0.4) is 0 Å². The first-order valence-electron chi connectivity index (χ1n) is 6.16. The van der Waals surface area contributed by atoms with Gasteiger partial charge in [0.05, 0.1) is 13.7 Å². The van der Waals surface area contributed by atoms with Gasteiger partial charge in [-0.1, -0.05) is 19.1 Å². The number of hydrogen-bond donors (Lipinski definition) is 1. The predicted octanol–water partition coefficient (Wildman–Crippen LogP) is 1.82. The van der Waals surface area contributed by atoms with Crippen molar-refractivity contribution in [2.45, 2.75) is 19.4 Å². The highest BCUT2D eigenvalue weighted by molar-refractivity contribution is 5.77. The highest BCUT2D eigenvalue weighted by atomic mass is 16.5. The van der Waals surface area contributed by atoms with E-state index in [1.807, 2.05) is 24.3 Å². The van der Waals surface area contributed by atoms with Crippen molar-refractivity contribution in [3.05, 3.63) is 29.8 Å². The quantitative estimate of drug-likeness (QED) is 0.837. The van der Waals surface area contributed by atoms with Crippen LogP contribution in [0.2, 0.25) is 0 Å². The molecule has 1 N–H and O–H groups in total. The van der Waals surface area contributed by atoms with Crippen LogP contribution < -0.4 is 10.1 Å². The minimum Gasteiger partial charge on any atom is -0.497 e. The van der Waals surface area contributed by atoms with Crippen molar-refractivity contribution in [1.82, 2.24) is 10.2 Å². The van der Waals surface area contributed by atoms with E-state index in [-0.39, 0.29) is 11.9 Å². The maximum absolute atomic E-state index is 11.5. The first-order chi connectivity index (χ1) is 8.58. The standard InChI is InChI=1S/C14H22N2O2/c1-5-13(15-10-14(17)16(2)3)11-6-8-12(18-4)9-7-11/h6-9,13,15H,5,10H2,1-4H3. The Morgan fingerprint density at radius 2 is 1.94 bits per heavy atom. The summed E-state index contributed by atoms with van der Waals surface area (Å²) in [7, 11) is 5.18. The van der Waals surface area contributed by atoms with Gasteiger partial charge in [-0.2, -0.15) is 0 Å². The fraction of sp³-hybridized carbons (Fsp3) is 0.500. The lowest BCUT2D eigenvalue weighted by molar-refractivity contribution is -0.127. The molecule has 100 valence electrons. The molecular formula is C14H22N2O2. The molecule has 0 fully saturated rings. The molecule has 1 aromatic carbocycles. The first kappa shape index (κ1) is 14.5. The Kier molecular flexibility index (Phi) is 5.65. The molecule has 1 amide bonds. The van der Waals surface area contributed by atoms with Crippen molar-refractivity contribution in [3.8, 4) is 5.75 Å². The summed E-state index contributed by atoms with van der Waals surface area (Å²) >= 11 is 0. The summed E-state index contributed by atoms with van der Waals surface area (Å²) in [5, 5.41) is 3.27. The van der Waals surface area contributed by atoms with Crippen molar-refractivity contribution in [2.75, 3.05) is 27.7 Å². The normalized spacial score (nSPS) is 12.0. The van der Waals surface area contributed by atoms with E-state index in [0.29, 0.717) is 6.54 Å². The monoisotopic (exact) mass is 250 g/mol. The number of nitrogens with one attached hydrogen (secondary N) is 1. The minimum absolute atomic E-state index is 0.0851. The predicted molar refractivity (Wildman–Crippen MR) is 72.7 cm³/mol. The zero-order valence-electron chi connectivity index (χ0n) is 11.6. The Morgan fingerprint density at radius 3 is 2.39 bits per heavy atom. The molecule has 0 saturated heterocycles. The van der Waals surface area contributed by atoms with E-state index in [9.17, 15) is 4.79 Å². The number of nitrogens with zero attached hydrogens (tertiary/aromatic N) is 1. The lowest BCUT2D eigenvalue weighted by Gasteiger charge is -2.19. The fourth-order valence-corrected chi connectivity index (χ4v) is 1.70. The van der Waals surface area contributed by atoms with E-state index in [0.717, 1.165) is 12.2 Å². The zero-order valence-corrected chi connectivity index (χ0v) is 11.6. The summed E-state index contributed by atoms with van der Waals surface area (Å²) in [6.07, 6.45) is 0.938. The summed E-state index contributed by atoms with van der Waals surface area (Å²) < 4.78 is 5.13. The van der Waals surface area contributed by atoms with Gasteiger partial charge in [-0.15, -0.1) is 0 Å². The molecule has 0 heterocycles. The first-order valence-corrected chi connectivity index (χ1v) is 6.16. The van der Waals surface area contributed by atoms with Gasteiger partial charge in [-0.05, 0) is 24.1 Å².